The van der Waals surface area contributed by atoms with Crippen LogP contribution >= 0.6 is 0 Å². The van der Waals surface area contributed by atoms with Crippen molar-refractivity contribution in [3.8, 4) is 5.75 Å². The van der Waals surface area contributed by atoms with E-state index in [-0.39, 0.29) is 10.8 Å². The first kappa shape index (κ1) is 55.2. The van der Waals surface area contributed by atoms with E-state index in [2.05, 4.69) is 168 Å². The van der Waals surface area contributed by atoms with Gasteiger partial charge >= 0.3 is 0 Å². The van der Waals surface area contributed by atoms with Crippen LogP contribution in [0.4, 0.5) is 0 Å². The smallest absolute Gasteiger partial charge is 0.123 e. The molecule has 3 fully saturated rings. The number of ether oxygens (including phenoxy) is 1. The molecule has 3 spiro atoms. The third kappa shape index (κ3) is 8.49. The Bertz CT molecular complexity index is 1640. The summed E-state index contributed by atoms with van der Waals surface area (Å²) in [4.78, 5) is 0. The highest BCUT2D eigenvalue weighted by atomic mass is 16.5. The molecule has 0 atom stereocenters. The molecular weight excluding hydrogens is 725 g/mol. The van der Waals surface area contributed by atoms with Gasteiger partial charge in [0.1, 0.15) is 5.75 Å². The van der Waals surface area contributed by atoms with Crippen molar-refractivity contribution in [3.63, 3.8) is 0 Å². The molecule has 1 heterocycles. The van der Waals surface area contributed by atoms with Crippen LogP contribution in [0.2, 0.25) is 0 Å². The van der Waals surface area contributed by atoms with Gasteiger partial charge in [0.25, 0.3) is 0 Å². The van der Waals surface area contributed by atoms with Gasteiger partial charge in [0.2, 0.25) is 0 Å². The Hall–Kier alpha value is -2.80. The van der Waals surface area contributed by atoms with Crippen molar-refractivity contribution in [1.82, 2.24) is 0 Å². The normalized spacial score (nSPS) is 22.2. The largest absolute Gasteiger partial charge is 0.492 e. The van der Waals surface area contributed by atoms with Crippen LogP contribution in [-0.4, -0.2) is 6.61 Å². The minimum Gasteiger partial charge on any atom is -0.492 e. The van der Waals surface area contributed by atoms with E-state index in [0.29, 0.717) is 37.9 Å². The standard InChI is InChI=1S/C16H22.C16H20.C15H20O.6C2H6/c2*1-14(2)11-15(3,4)16(14)10-9-12-7-5-6-8-13(12)16;1-13(2)9-14(3,4)15(13)10-16-12-8-6-5-7-11(12)15;6*1-2/h5-8H,9-11H2,1-4H3;5-10H,11H2,1-4H3;5-8H,9-10H2,1-4H3;6*1-2H3. The zero-order valence-corrected chi connectivity index (χ0v) is 44.2. The summed E-state index contributed by atoms with van der Waals surface area (Å²) in [6, 6.07) is 26.6. The fraction of sp³-hybridized carbons (Fsp3) is 0.661. The highest BCUT2D eigenvalue weighted by Crippen LogP contribution is 2.73. The number of allylic oxidation sites excluding steroid dienone is 1. The fourth-order valence-corrected chi connectivity index (χ4v) is 14.5. The van der Waals surface area contributed by atoms with Crippen LogP contribution in [0.25, 0.3) is 6.08 Å². The van der Waals surface area contributed by atoms with Gasteiger partial charge in [-0.05, 0) is 92.9 Å². The molecule has 0 unspecified atom stereocenters. The second kappa shape index (κ2) is 21.0. The lowest BCUT2D eigenvalue weighted by Gasteiger charge is -2.67. The summed E-state index contributed by atoms with van der Waals surface area (Å²) in [5, 5.41) is 0. The first-order chi connectivity index (χ1) is 28.2. The van der Waals surface area contributed by atoms with Crippen molar-refractivity contribution < 1.29 is 4.74 Å². The number of rotatable bonds is 0. The van der Waals surface area contributed by atoms with Crippen molar-refractivity contribution >= 4 is 6.08 Å². The van der Waals surface area contributed by atoms with Crippen LogP contribution in [0.5, 0.6) is 5.75 Å². The van der Waals surface area contributed by atoms with E-state index in [1.54, 1.807) is 11.1 Å². The third-order valence-electron chi connectivity index (χ3n) is 15.3. The van der Waals surface area contributed by atoms with Crippen molar-refractivity contribution in [3.05, 3.63) is 107 Å². The summed E-state index contributed by atoms with van der Waals surface area (Å²) in [6.07, 6.45) is 11.3. The molecule has 6 aliphatic rings. The molecule has 340 valence electrons. The van der Waals surface area contributed by atoms with E-state index in [1.807, 2.05) is 83.1 Å². The summed E-state index contributed by atoms with van der Waals surface area (Å²) in [5.41, 5.74) is 11.0. The molecule has 0 bridgehead atoms. The Morgan fingerprint density at radius 2 is 0.783 bits per heavy atom. The molecule has 1 nitrogen and oxygen atoms in total. The van der Waals surface area contributed by atoms with E-state index in [4.69, 9.17) is 4.74 Å². The van der Waals surface area contributed by atoms with E-state index < -0.39 is 0 Å². The second-order valence-electron chi connectivity index (χ2n) is 20.3. The van der Waals surface area contributed by atoms with Gasteiger partial charge in [0.05, 0.1) is 6.61 Å². The first-order valence-electron chi connectivity index (χ1n) is 24.8. The monoisotopic (exact) mass is 823 g/mol. The summed E-state index contributed by atoms with van der Waals surface area (Å²) in [7, 11) is 0. The fourth-order valence-electron chi connectivity index (χ4n) is 14.5. The molecular formula is C59H98O. The van der Waals surface area contributed by atoms with E-state index in [0.717, 1.165) is 12.4 Å². The maximum atomic E-state index is 5.93. The average Bonchev–Trinajstić information content (AvgIpc) is 3.98. The summed E-state index contributed by atoms with van der Waals surface area (Å²) >= 11 is 0. The Balaban J connectivity index is 0.000000399. The zero-order chi connectivity index (χ0) is 46.8. The van der Waals surface area contributed by atoms with Gasteiger partial charge in [0.15, 0.2) is 0 Å². The molecule has 0 aromatic heterocycles. The lowest BCUT2D eigenvalue weighted by molar-refractivity contribution is -0.123. The number of hydrogen-bond donors (Lipinski definition) is 0. The molecule has 9 rings (SSSR count). The Morgan fingerprint density at radius 1 is 0.400 bits per heavy atom. The number of hydrogen-bond acceptors (Lipinski definition) is 1. The maximum Gasteiger partial charge on any atom is 0.123 e. The van der Waals surface area contributed by atoms with Crippen LogP contribution in [0, 0.1) is 32.5 Å². The van der Waals surface area contributed by atoms with E-state index in [1.165, 1.54) is 48.8 Å². The number of aryl methyl sites for hydroxylation is 1. The topological polar surface area (TPSA) is 9.23 Å². The van der Waals surface area contributed by atoms with Crippen molar-refractivity contribution in [2.45, 2.75) is 215 Å². The highest BCUT2D eigenvalue weighted by Gasteiger charge is 2.69. The van der Waals surface area contributed by atoms with Crippen LogP contribution in [0.3, 0.4) is 0 Å². The van der Waals surface area contributed by atoms with Gasteiger partial charge in [-0.1, -0.05) is 245 Å². The van der Waals surface area contributed by atoms with Gasteiger partial charge in [-0.25, -0.2) is 0 Å². The number of para-hydroxylation sites is 1. The minimum atomic E-state index is 0.219. The van der Waals surface area contributed by atoms with Crippen molar-refractivity contribution in [2.24, 2.45) is 32.5 Å². The molecule has 3 aromatic rings. The van der Waals surface area contributed by atoms with Gasteiger partial charge in [-0.2, -0.15) is 0 Å². The predicted molar refractivity (Wildman–Crippen MR) is 272 cm³/mol. The molecule has 5 aliphatic carbocycles. The first-order valence-corrected chi connectivity index (χ1v) is 24.8. The second-order valence-corrected chi connectivity index (χ2v) is 20.3. The van der Waals surface area contributed by atoms with Gasteiger partial charge in [-0.15, -0.1) is 0 Å². The summed E-state index contributed by atoms with van der Waals surface area (Å²) in [5.74, 6) is 1.10. The van der Waals surface area contributed by atoms with E-state index >= 15 is 0 Å². The van der Waals surface area contributed by atoms with Gasteiger partial charge < -0.3 is 4.74 Å². The Labute approximate surface area is 375 Å². The lowest BCUT2D eigenvalue weighted by Crippen LogP contribution is -2.65. The Morgan fingerprint density at radius 3 is 1.23 bits per heavy atom. The lowest BCUT2D eigenvalue weighted by atomic mass is 9.37. The van der Waals surface area contributed by atoms with E-state index in [9.17, 15) is 0 Å². The van der Waals surface area contributed by atoms with Crippen LogP contribution in [0.1, 0.15) is 220 Å². The minimum absolute atomic E-state index is 0.219. The van der Waals surface area contributed by atoms with Crippen LogP contribution < -0.4 is 4.74 Å². The molecule has 0 saturated heterocycles. The number of fused-ring (bicyclic) bond motifs is 6. The quantitative estimate of drug-likeness (QED) is 0.219. The van der Waals surface area contributed by atoms with Gasteiger partial charge in [0, 0.05) is 21.8 Å². The Kier molecular flexibility index (Phi) is 19.4. The SMILES string of the molecule is CC.CC.CC.CC.CC.CC.CC1(C)CC(C)(C)C12C=Cc1ccccc12.CC1(C)CC(C)(C)C12CCc1ccccc12.CC1(C)CC(C)(C)C12COc1ccccc12. The molecule has 3 aromatic carbocycles. The molecule has 0 amide bonds. The summed E-state index contributed by atoms with van der Waals surface area (Å²) in [6.45, 7) is 53.8. The third-order valence-corrected chi connectivity index (χ3v) is 15.3. The molecule has 1 aliphatic heterocycles. The molecule has 3 saturated carbocycles. The molecule has 0 N–H and O–H groups in total. The zero-order valence-electron chi connectivity index (χ0n) is 44.2. The molecule has 60 heavy (non-hydrogen) atoms. The summed E-state index contributed by atoms with van der Waals surface area (Å²) < 4.78 is 5.93. The van der Waals surface area contributed by atoms with Gasteiger partial charge in [-0.3, -0.25) is 0 Å². The van der Waals surface area contributed by atoms with Crippen molar-refractivity contribution in [2.75, 3.05) is 6.61 Å². The average molecular weight is 823 g/mol. The predicted octanol–water partition coefficient (Wildman–Crippen LogP) is 18.7. The molecule has 0 radical (unpaired) electrons. The molecule has 1 heteroatoms. The van der Waals surface area contributed by atoms with Crippen molar-refractivity contribution in [1.29, 1.82) is 0 Å². The van der Waals surface area contributed by atoms with Crippen LogP contribution in [-0.2, 0) is 22.7 Å². The van der Waals surface area contributed by atoms with Crippen LogP contribution in [0.15, 0.2) is 78.9 Å². The number of benzene rings is 3. The maximum absolute atomic E-state index is 5.93. The highest BCUT2D eigenvalue weighted by molar-refractivity contribution is 5.68.